The third-order valence-electron chi connectivity index (χ3n) is 4.75. The Morgan fingerprint density at radius 1 is 1.23 bits per heavy atom. The lowest BCUT2D eigenvalue weighted by Crippen LogP contribution is -2.25. The number of nitrogens with zero attached hydrogens (tertiary/aromatic N) is 2. The Labute approximate surface area is 178 Å². The molecular formula is C21H23N3O5S. The first kappa shape index (κ1) is 21.6. The van der Waals surface area contributed by atoms with E-state index < -0.39 is 4.92 Å². The number of nitro groups is 1. The Hall–Kier alpha value is -3.07. The van der Waals surface area contributed by atoms with Gasteiger partial charge in [0.05, 0.1) is 17.8 Å². The van der Waals surface area contributed by atoms with Crippen molar-refractivity contribution in [3.8, 4) is 5.75 Å². The lowest BCUT2D eigenvalue weighted by Gasteiger charge is -2.16. The molecule has 0 spiro atoms. The fourth-order valence-electron chi connectivity index (χ4n) is 3.20. The highest BCUT2D eigenvalue weighted by atomic mass is 32.2. The van der Waals surface area contributed by atoms with Crippen LogP contribution in [-0.4, -0.2) is 36.1 Å². The van der Waals surface area contributed by atoms with E-state index in [0.717, 1.165) is 29.8 Å². The topological polar surface area (TPSA) is 102 Å². The Bertz CT molecular complexity index is 933. The number of carbonyl (C=O) groups is 2. The minimum atomic E-state index is -0.482. The number of hydrogen-bond donors (Lipinski definition) is 1. The van der Waals surface area contributed by atoms with Gasteiger partial charge in [-0.3, -0.25) is 19.7 Å². The maximum absolute atomic E-state index is 12.1. The van der Waals surface area contributed by atoms with Crippen molar-refractivity contribution in [2.45, 2.75) is 25.1 Å². The number of methoxy groups -OCH3 is 1. The summed E-state index contributed by atoms with van der Waals surface area (Å²) < 4.78 is 4.99. The zero-order chi connectivity index (χ0) is 21.5. The molecule has 3 rings (SSSR count). The summed E-state index contributed by atoms with van der Waals surface area (Å²) in [6.45, 7) is 1.16. The number of carbonyl (C=O) groups excluding carboxylic acids is 2. The predicted octanol–water partition coefficient (Wildman–Crippen LogP) is 3.28. The molecule has 1 saturated heterocycles. The van der Waals surface area contributed by atoms with Gasteiger partial charge in [-0.1, -0.05) is 18.2 Å². The fourth-order valence-corrected chi connectivity index (χ4v) is 4.00. The summed E-state index contributed by atoms with van der Waals surface area (Å²) in [7, 11) is 1.39. The number of nitrogens with one attached hydrogen (secondary N) is 1. The van der Waals surface area contributed by atoms with Gasteiger partial charge in [0.2, 0.25) is 11.8 Å². The molecule has 0 aliphatic carbocycles. The summed E-state index contributed by atoms with van der Waals surface area (Å²) in [5, 5.41) is 13.9. The molecule has 0 atom stereocenters. The zero-order valence-corrected chi connectivity index (χ0v) is 17.4. The molecule has 0 unspecified atom stereocenters. The molecule has 2 amide bonds. The van der Waals surface area contributed by atoms with Gasteiger partial charge in [0.25, 0.3) is 0 Å². The normalized spacial score (nSPS) is 13.4. The molecule has 9 heteroatoms. The van der Waals surface area contributed by atoms with E-state index in [4.69, 9.17) is 4.74 Å². The molecule has 2 aromatic rings. The number of benzene rings is 2. The summed E-state index contributed by atoms with van der Waals surface area (Å²) in [6, 6.07) is 12.4. The van der Waals surface area contributed by atoms with Gasteiger partial charge in [-0.15, -0.1) is 11.8 Å². The fraction of sp³-hybridized carbons (Fsp3) is 0.333. The molecular weight excluding hydrogens is 406 g/mol. The van der Waals surface area contributed by atoms with Gasteiger partial charge in [0, 0.05) is 37.0 Å². The summed E-state index contributed by atoms with van der Waals surface area (Å²) in [6.07, 6.45) is 1.48. The van der Waals surface area contributed by atoms with Crippen molar-refractivity contribution < 1.29 is 19.2 Å². The van der Waals surface area contributed by atoms with Crippen molar-refractivity contribution >= 4 is 35.0 Å². The monoisotopic (exact) mass is 429 g/mol. The molecule has 0 bridgehead atoms. The molecule has 1 heterocycles. The van der Waals surface area contributed by atoms with Crippen molar-refractivity contribution in [1.82, 2.24) is 5.32 Å². The van der Waals surface area contributed by atoms with Crippen molar-refractivity contribution in [3.05, 3.63) is 63.7 Å². The number of rotatable bonds is 9. The van der Waals surface area contributed by atoms with Gasteiger partial charge in [-0.05, 0) is 35.7 Å². The number of hydrogen-bond acceptors (Lipinski definition) is 6. The lowest BCUT2D eigenvalue weighted by molar-refractivity contribution is -0.385. The van der Waals surface area contributed by atoms with Crippen LogP contribution in [0.5, 0.6) is 5.75 Å². The molecule has 2 aromatic carbocycles. The van der Waals surface area contributed by atoms with Gasteiger partial charge < -0.3 is 15.0 Å². The number of ether oxygens (including phenoxy) is 1. The second-order valence-corrected chi connectivity index (χ2v) is 7.83. The van der Waals surface area contributed by atoms with Crippen LogP contribution in [0, 0.1) is 10.1 Å². The van der Waals surface area contributed by atoms with Crippen LogP contribution < -0.4 is 15.0 Å². The van der Waals surface area contributed by atoms with E-state index in [1.165, 1.54) is 24.9 Å². The van der Waals surface area contributed by atoms with Crippen LogP contribution in [0.3, 0.4) is 0 Å². The second-order valence-electron chi connectivity index (χ2n) is 6.85. The SMILES string of the molecule is COc1ccc(CSCC(=O)NCc2ccc(N3CCCC3=O)cc2)cc1[N+](=O)[O-]. The average molecular weight is 429 g/mol. The van der Waals surface area contributed by atoms with E-state index in [0.29, 0.717) is 18.7 Å². The molecule has 0 saturated carbocycles. The smallest absolute Gasteiger partial charge is 0.311 e. The summed E-state index contributed by atoms with van der Waals surface area (Å²) >= 11 is 1.38. The van der Waals surface area contributed by atoms with Gasteiger partial charge in [-0.25, -0.2) is 0 Å². The standard InChI is InChI=1S/C21H23N3O5S/c1-29-19-9-6-16(11-18(19)24(27)28)13-30-14-20(25)22-12-15-4-7-17(8-5-15)23-10-2-3-21(23)26/h4-9,11H,2-3,10,12-14H2,1H3,(H,22,25). The van der Waals surface area contributed by atoms with E-state index in [9.17, 15) is 19.7 Å². The molecule has 1 fully saturated rings. The third-order valence-corrected chi connectivity index (χ3v) is 5.76. The van der Waals surface area contributed by atoms with Gasteiger partial charge in [-0.2, -0.15) is 0 Å². The van der Waals surface area contributed by atoms with Gasteiger partial charge in [0.15, 0.2) is 5.75 Å². The first-order valence-corrected chi connectivity index (χ1v) is 10.7. The number of anilines is 1. The predicted molar refractivity (Wildman–Crippen MR) is 116 cm³/mol. The van der Waals surface area contributed by atoms with Crippen molar-refractivity contribution in [3.63, 3.8) is 0 Å². The molecule has 158 valence electrons. The van der Waals surface area contributed by atoms with E-state index in [1.807, 2.05) is 24.3 Å². The lowest BCUT2D eigenvalue weighted by atomic mass is 10.2. The minimum absolute atomic E-state index is 0.0841. The zero-order valence-electron chi connectivity index (χ0n) is 16.6. The average Bonchev–Trinajstić information content (AvgIpc) is 3.18. The summed E-state index contributed by atoms with van der Waals surface area (Å²) in [5.41, 5.74) is 2.51. The Morgan fingerprint density at radius 2 is 1.97 bits per heavy atom. The summed E-state index contributed by atoms with van der Waals surface area (Å²) in [5.74, 6) is 0.987. The van der Waals surface area contributed by atoms with Crippen molar-refractivity contribution in [2.75, 3.05) is 24.3 Å². The number of thioether (sulfide) groups is 1. The minimum Gasteiger partial charge on any atom is -0.490 e. The van der Waals surface area contributed by atoms with Crippen LogP contribution in [0.4, 0.5) is 11.4 Å². The molecule has 30 heavy (non-hydrogen) atoms. The van der Waals surface area contributed by atoms with Gasteiger partial charge in [0.1, 0.15) is 0 Å². The maximum atomic E-state index is 12.1. The first-order valence-electron chi connectivity index (χ1n) is 9.53. The van der Waals surface area contributed by atoms with Crippen molar-refractivity contribution in [2.24, 2.45) is 0 Å². The molecule has 8 nitrogen and oxygen atoms in total. The highest BCUT2D eigenvalue weighted by molar-refractivity contribution is 7.99. The summed E-state index contributed by atoms with van der Waals surface area (Å²) in [4.78, 5) is 36.3. The van der Waals surface area contributed by atoms with Crippen LogP contribution in [0.15, 0.2) is 42.5 Å². The van der Waals surface area contributed by atoms with Gasteiger partial charge >= 0.3 is 5.69 Å². The first-order chi connectivity index (χ1) is 14.5. The highest BCUT2D eigenvalue weighted by Crippen LogP contribution is 2.29. The maximum Gasteiger partial charge on any atom is 0.311 e. The van der Waals surface area contributed by atoms with E-state index >= 15 is 0 Å². The molecule has 0 radical (unpaired) electrons. The van der Waals surface area contributed by atoms with E-state index in [-0.39, 0.29) is 29.0 Å². The van der Waals surface area contributed by atoms with Crippen LogP contribution in [0.1, 0.15) is 24.0 Å². The quantitative estimate of drug-likeness (QED) is 0.485. The van der Waals surface area contributed by atoms with Crippen molar-refractivity contribution in [1.29, 1.82) is 0 Å². The number of nitro benzene ring substituents is 1. The molecule has 0 aromatic heterocycles. The Morgan fingerprint density at radius 3 is 2.60 bits per heavy atom. The molecule has 1 N–H and O–H groups in total. The number of amides is 2. The molecule has 1 aliphatic heterocycles. The van der Waals surface area contributed by atoms with E-state index in [1.54, 1.807) is 17.0 Å². The Kier molecular flexibility index (Phi) is 7.29. The largest absolute Gasteiger partial charge is 0.490 e. The molecule has 1 aliphatic rings. The van der Waals surface area contributed by atoms with Crippen LogP contribution in [0.25, 0.3) is 0 Å². The second kappa shape index (κ2) is 10.1. The van der Waals surface area contributed by atoms with Crippen LogP contribution >= 0.6 is 11.8 Å². The van der Waals surface area contributed by atoms with Crippen LogP contribution in [0.2, 0.25) is 0 Å². The highest BCUT2D eigenvalue weighted by Gasteiger charge is 2.21. The van der Waals surface area contributed by atoms with E-state index in [2.05, 4.69) is 5.32 Å². The Balaban J connectivity index is 1.43. The third kappa shape index (κ3) is 5.50. The van der Waals surface area contributed by atoms with Crippen LogP contribution in [-0.2, 0) is 21.9 Å².